The minimum Gasteiger partial charge on any atom is -0.394 e. The van der Waals surface area contributed by atoms with Gasteiger partial charge < -0.3 is 24.0 Å². The van der Waals surface area contributed by atoms with Crippen LogP contribution in [0.4, 0.5) is 0 Å². The molecule has 0 saturated carbocycles. The fourth-order valence-corrected chi connectivity index (χ4v) is 2.81. The first-order valence-corrected chi connectivity index (χ1v) is 7.76. The number of aromatic nitrogens is 2. The SMILES string of the molecule is C#CCOC1C(O[PH](=O)O)C(CO)OC1n1ccc(=O)[nH]c1=O. The molecule has 1 aromatic heterocycles. The standard InChI is InChI=1S/C12H15N2O8P/c1-2-5-20-10-9(22-23(18)19)7(6-15)21-11(10)14-4-3-8(16)13-12(14)17/h1,3-4,7,9-11,15,23H,5-6H2,(H,18,19)(H,13,16,17). The van der Waals surface area contributed by atoms with Crippen molar-refractivity contribution in [3.05, 3.63) is 33.1 Å². The molecule has 0 aliphatic carbocycles. The maximum atomic E-state index is 11.9. The highest BCUT2D eigenvalue weighted by molar-refractivity contribution is 7.32. The van der Waals surface area contributed by atoms with Crippen molar-refractivity contribution in [2.45, 2.75) is 24.5 Å². The first-order chi connectivity index (χ1) is 11.0. The molecule has 1 aliphatic heterocycles. The quantitative estimate of drug-likeness (QED) is 0.405. The van der Waals surface area contributed by atoms with Crippen molar-refractivity contribution in [2.75, 3.05) is 13.2 Å². The second-order valence-corrected chi connectivity index (χ2v) is 5.36. The van der Waals surface area contributed by atoms with Gasteiger partial charge in [0.2, 0.25) is 0 Å². The average molecular weight is 346 g/mol. The lowest BCUT2D eigenvalue weighted by Gasteiger charge is -2.23. The second kappa shape index (κ2) is 7.70. The topological polar surface area (TPSA) is 140 Å². The molecule has 0 bridgehead atoms. The van der Waals surface area contributed by atoms with E-state index in [1.165, 1.54) is 6.20 Å². The highest BCUT2D eigenvalue weighted by Crippen LogP contribution is 2.36. The van der Waals surface area contributed by atoms with Crippen LogP contribution in [0.2, 0.25) is 0 Å². The summed E-state index contributed by atoms with van der Waals surface area (Å²) in [5, 5.41) is 9.35. The Morgan fingerprint density at radius 2 is 2.22 bits per heavy atom. The first-order valence-electron chi connectivity index (χ1n) is 6.50. The summed E-state index contributed by atoms with van der Waals surface area (Å²) in [4.78, 5) is 34.1. The van der Waals surface area contributed by atoms with Crippen molar-refractivity contribution in [1.29, 1.82) is 0 Å². The summed E-state index contributed by atoms with van der Waals surface area (Å²) in [7, 11) is -3.36. The van der Waals surface area contributed by atoms with Crippen LogP contribution in [0, 0.1) is 12.3 Å². The number of hydrogen-bond donors (Lipinski definition) is 3. The van der Waals surface area contributed by atoms with Crippen molar-refractivity contribution >= 4 is 8.25 Å². The van der Waals surface area contributed by atoms with Gasteiger partial charge in [0.1, 0.15) is 24.9 Å². The summed E-state index contributed by atoms with van der Waals surface area (Å²) >= 11 is 0. The largest absolute Gasteiger partial charge is 0.394 e. The van der Waals surface area contributed by atoms with Gasteiger partial charge in [0.05, 0.1) is 6.61 Å². The molecule has 0 amide bonds. The molecule has 1 fully saturated rings. The molecule has 126 valence electrons. The van der Waals surface area contributed by atoms with Crippen LogP contribution >= 0.6 is 8.25 Å². The van der Waals surface area contributed by atoms with Gasteiger partial charge in [-0.05, 0) is 0 Å². The lowest BCUT2D eigenvalue weighted by atomic mass is 10.1. The van der Waals surface area contributed by atoms with E-state index in [4.69, 9.17) is 25.3 Å². The third-order valence-corrected chi connectivity index (χ3v) is 3.66. The molecule has 1 aliphatic rings. The van der Waals surface area contributed by atoms with Crippen LogP contribution in [0.1, 0.15) is 6.23 Å². The Hall–Kier alpha value is -1.73. The lowest BCUT2D eigenvalue weighted by molar-refractivity contribution is -0.0676. The molecule has 2 heterocycles. The van der Waals surface area contributed by atoms with E-state index in [-0.39, 0.29) is 6.61 Å². The van der Waals surface area contributed by atoms with Crippen LogP contribution in [0.3, 0.4) is 0 Å². The summed E-state index contributed by atoms with van der Waals surface area (Å²) in [6, 6.07) is 1.10. The number of hydrogen-bond acceptors (Lipinski definition) is 7. The predicted molar refractivity (Wildman–Crippen MR) is 77.0 cm³/mol. The van der Waals surface area contributed by atoms with Crippen molar-refractivity contribution < 1.29 is 28.6 Å². The van der Waals surface area contributed by atoms with Gasteiger partial charge >= 0.3 is 13.9 Å². The van der Waals surface area contributed by atoms with Crippen LogP contribution in [0.5, 0.6) is 0 Å². The predicted octanol–water partition coefficient (Wildman–Crippen LogP) is -1.79. The third kappa shape index (κ3) is 3.97. The highest BCUT2D eigenvalue weighted by atomic mass is 31.1. The number of terminal acetylenes is 1. The summed E-state index contributed by atoms with van der Waals surface area (Å²) < 4.78 is 27.7. The number of rotatable bonds is 6. The van der Waals surface area contributed by atoms with Gasteiger partial charge in [-0.15, -0.1) is 6.42 Å². The monoisotopic (exact) mass is 346 g/mol. The zero-order valence-electron chi connectivity index (χ0n) is 11.7. The number of ether oxygens (including phenoxy) is 2. The smallest absolute Gasteiger partial charge is 0.330 e. The van der Waals surface area contributed by atoms with E-state index >= 15 is 0 Å². The van der Waals surface area contributed by atoms with Gasteiger partial charge in [0, 0.05) is 12.3 Å². The summed E-state index contributed by atoms with van der Waals surface area (Å²) in [5.74, 6) is 2.22. The second-order valence-electron chi connectivity index (χ2n) is 4.59. The molecule has 1 saturated heterocycles. The Bertz CT molecular complexity index is 723. The number of aliphatic hydroxyl groups excluding tert-OH is 1. The Balaban J connectivity index is 2.39. The van der Waals surface area contributed by atoms with Crippen molar-refractivity contribution in [3.63, 3.8) is 0 Å². The third-order valence-electron chi connectivity index (χ3n) is 3.19. The minimum atomic E-state index is -3.36. The summed E-state index contributed by atoms with van der Waals surface area (Å²) in [5.41, 5.74) is -1.37. The molecular formula is C12H15N2O8P. The van der Waals surface area contributed by atoms with Crippen LogP contribution in [-0.2, 0) is 18.6 Å². The molecule has 2 rings (SSSR count). The van der Waals surface area contributed by atoms with Crippen LogP contribution < -0.4 is 11.2 Å². The average Bonchev–Trinajstić information content (AvgIpc) is 2.82. The summed E-state index contributed by atoms with van der Waals surface area (Å²) in [6.45, 7) is -0.711. The normalized spacial score (nSPS) is 28.4. The zero-order chi connectivity index (χ0) is 17.0. The molecule has 10 nitrogen and oxygen atoms in total. The minimum absolute atomic E-state index is 0.174. The van der Waals surface area contributed by atoms with Crippen molar-refractivity contribution in [3.8, 4) is 12.3 Å². The Kier molecular flexibility index (Phi) is 5.90. The van der Waals surface area contributed by atoms with E-state index in [0.29, 0.717) is 0 Å². The number of aromatic amines is 1. The molecule has 23 heavy (non-hydrogen) atoms. The van der Waals surface area contributed by atoms with Gasteiger partial charge in [-0.25, -0.2) is 4.79 Å². The van der Waals surface area contributed by atoms with Gasteiger partial charge in [0.15, 0.2) is 6.23 Å². The molecule has 0 radical (unpaired) electrons. The van der Waals surface area contributed by atoms with Crippen LogP contribution in [0.15, 0.2) is 21.9 Å². The van der Waals surface area contributed by atoms with Gasteiger partial charge in [0.25, 0.3) is 5.56 Å². The molecular weight excluding hydrogens is 331 g/mol. The zero-order valence-corrected chi connectivity index (χ0v) is 12.7. The number of H-pyrrole nitrogens is 1. The van der Waals surface area contributed by atoms with E-state index in [2.05, 4.69) is 5.92 Å². The fraction of sp³-hybridized carbons (Fsp3) is 0.500. The molecule has 5 atom stereocenters. The molecule has 0 spiro atoms. The summed E-state index contributed by atoms with van der Waals surface area (Å²) in [6.07, 6.45) is 2.04. The maximum absolute atomic E-state index is 11.9. The number of aliphatic hydroxyl groups is 1. The molecule has 11 heteroatoms. The van der Waals surface area contributed by atoms with Gasteiger partial charge in [-0.1, -0.05) is 5.92 Å². The maximum Gasteiger partial charge on any atom is 0.330 e. The number of nitrogens with zero attached hydrogens (tertiary/aromatic N) is 1. The van der Waals surface area contributed by atoms with Gasteiger partial charge in [-0.2, -0.15) is 0 Å². The van der Waals surface area contributed by atoms with E-state index in [9.17, 15) is 19.3 Å². The first kappa shape index (κ1) is 17.6. The molecule has 5 unspecified atom stereocenters. The van der Waals surface area contributed by atoms with E-state index in [1.807, 2.05) is 4.98 Å². The highest BCUT2D eigenvalue weighted by Gasteiger charge is 2.48. The van der Waals surface area contributed by atoms with E-state index < -0.39 is 50.7 Å². The van der Waals surface area contributed by atoms with Crippen molar-refractivity contribution in [2.24, 2.45) is 0 Å². The fourth-order valence-electron chi connectivity index (χ4n) is 2.29. The van der Waals surface area contributed by atoms with E-state index in [0.717, 1.165) is 10.6 Å². The lowest BCUT2D eigenvalue weighted by Crippen LogP contribution is -2.40. The molecule has 1 aromatic rings. The molecule has 0 aromatic carbocycles. The van der Waals surface area contributed by atoms with Crippen LogP contribution in [0.25, 0.3) is 0 Å². The van der Waals surface area contributed by atoms with Crippen LogP contribution in [-0.4, -0.2) is 51.1 Å². The Labute approximate surface area is 130 Å². The van der Waals surface area contributed by atoms with E-state index in [1.54, 1.807) is 0 Å². The Morgan fingerprint density at radius 3 is 2.78 bits per heavy atom. The Morgan fingerprint density at radius 1 is 1.48 bits per heavy atom. The molecule has 3 N–H and O–H groups in total. The van der Waals surface area contributed by atoms with Gasteiger partial charge in [-0.3, -0.25) is 18.9 Å². The van der Waals surface area contributed by atoms with Crippen molar-refractivity contribution in [1.82, 2.24) is 9.55 Å². The number of nitrogens with one attached hydrogen (secondary N) is 1.